The molecular formula is C30H32N4O5. The van der Waals surface area contributed by atoms with Crippen molar-refractivity contribution in [1.82, 2.24) is 14.5 Å². The van der Waals surface area contributed by atoms with Gasteiger partial charge in [-0.05, 0) is 62.4 Å². The van der Waals surface area contributed by atoms with Gasteiger partial charge in [0.05, 0.1) is 32.7 Å². The lowest BCUT2D eigenvalue weighted by molar-refractivity contribution is -0.117. The molecule has 1 heterocycles. The van der Waals surface area contributed by atoms with E-state index in [1.165, 1.54) is 4.90 Å². The van der Waals surface area contributed by atoms with Crippen molar-refractivity contribution in [2.45, 2.75) is 19.9 Å². The second-order valence-corrected chi connectivity index (χ2v) is 9.03. The van der Waals surface area contributed by atoms with Crippen LogP contribution in [0.5, 0.6) is 17.2 Å². The fourth-order valence-electron chi connectivity index (χ4n) is 4.10. The Morgan fingerprint density at radius 1 is 0.897 bits per heavy atom. The number of nitrogens with one attached hydrogen (secondary N) is 1. The van der Waals surface area contributed by atoms with Crippen LogP contribution in [-0.2, 0) is 4.79 Å². The summed E-state index contributed by atoms with van der Waals surface area (Å²) in [6, 6.07) is 21.6. The Hall–Kier alpha value is -4.79. The topological polar surface area (TPSA) is 94.9 Å². The van der Waals surface area contributed by atoms with Gasteiger partial charge in [0.2, 0.25) is 11.9 Å². The van der Waals surface area contributed by atoms with E-state index < -0.39 is 0 Å². The van der Waals surface area contributed by atoms with Gasteiger partial charge in [0, 0.05) is 29.4 Å². The lowest BCUT2D eigenvalue weighted by atomic mass is 10.1. The summed E-state index contributed by atoms with van der Waals surface area (Å²) in [5, 5.41) is 2.90. The SMILES string of the molecule is COc1ccc(-c2cn(-c3ccc(OC)c(OC)c3)c(NC(=O)CN(C(=O)c3ccccc3)C(C)C)n2)cc1. The number of carbonyl (C=O) groups is 2. The molecule has 0 spiro atoms. The van der Waals surface area contributed by atoms with E-state index in [2.05, 4.69) is 5.32 Å². The summed E-state index contributed by atoms with van der Waals surface area (Å²) < 4.78 is 17.9. The summed E-state index contributed by atoms with van der Waals surface area (Å²) in [4.78, 5) is 32.7. The highest BCUT2D eigenvalue weighted by atomic mass is 16.5. The molecule has 0 bridgehead atoms. The van der Waals surface area contributed by atoms with Crippen LogP contribution in [-0.4, -0.2) is 60.2 Å². The number of benzene rings is 3. The predicted molar refractivity (Wildman–Crippen MR) is 150 cm³/mol. The van der Waals surface area contributed by atoms with Gasteiger partial charge in [-0.2, -0.15) is 0 Å². The van der Waals surface area contributed by atoms with E-state index in [9.17, 15) is 9.59 Å². The van der Waals surface area contributed by atoms with E-state index in [-0.39, 0.29) is 24.4 Å². The molecule has 0 atom stereocenters. The zero-order valence-corrected chi connectivity index (χ0v) is 22.7. The first-order valence-corrected chi connectivity index (χ1v) is 12.5. The number of hydrogen-bond acceptors (Lipinski definition) is 6. The molecule has 9 nitrogen and oxygen atoms in total. The standard InChI is InChI=1S/C30H32N4O5/c1-20(2)33(29(36)22-9-7-6-8-10-22)19-28(35)32-30-31-25(21-11-14-24(37-3)15-12-21)18-34(30)23-13-16-26(38-4)27(17-23)39-5/h6-18,20H,19H2,1-5H3,(H,31,32,35). The highest BCUT2D eigenvalue weighted by Gasteiger charge is 2.23. The second-order valence-electron chi connectivity index (χ2n) is 9.03. The van der Waals surface area contributed by atoms with Gasteiger partial charge in [-0.15, -0.1) is 0 Å². The summed E-state index contributed by atoms with van der Waals surface area (Å²) in [6.07, 6.45) is 1.83. The van der Waals surface area contributed by atoms with E-state index in [0.29, 0.717) is 34.4 Å². The fraction of sp³-hybridized carbons (Fsp3) is 0.233. The maximum absolute atomic E-state index is 13.3. The first-order chi connectivity index (χ1) is 18.8. The Balaban J connectivity index is 1.67. The van der Waals surface area contributed by atoms with Gasteiger partial charge < -0.3 is 19.1 Å². The Kier molecular flexibility index (Phi) is 8.50. The molecule has 0 aliphatic rings. The molecule has 0 aliphatic heterocycles. The molecule has 4 rings (SSSR count). The van der Waals surface area contributed by atoms with Gasteiger partial charge in [-0.3, -0.25) is 19.5 Å². The number of carbonyl (C=O) groups excluding carboxylic acids is 2. The van der Waals surface area contributed by atoms with E-state index in [0.717, 1.165) is 11.3 Å². The van der Waals surface area contributed by atoms with E-state index in [4.69, 9.17) is 19.2 Å². The van der Waals surface area contributed by atoms with Crippen molar-refractivity contribution in [2.75, 3.05) is 33.2 Å². The highest BCUT2D eigenvalue weighted by Crippen LogP contribution is 2.32. The number of nitrogens with zero attached hydrogens (tertiary/aromatic N) is 3. The summed E-state index contributed by atoms with van der Waals surface area (Å²) in [6.45, 7) is 3.61. The zero-order valence-electron chi connectivity index (χ0n) is 22.7. The van der Waals surface area contributed by atoms with Crippen molar-refractivity contribution < 1.29 is 23.8 Å². The Labute approximate surface area is 227 Å². The molecule has 0 aliphatic carbocycles. The molecule has 202 valence electrons. The van der Waals surface area contributed by atoms with Crippen molar-refractivity contribution >= 4 is 17.8 Å². The van der Waals surface area contributed by atoms with Gasteiger partial charge >= 0.3 is 0 Å². The van der Waals surface area contributed by atoms with E-state index in [1.54, 1.807) is 62.3 Å². The zero-order chi connectivity index (χ0) is 27.9. The lowest BCUT2D eigenvalue weighted by Gasteiger charge is -2.26. The Morgan fingerprint density at radius 3 is 2.21 bits per heavy atom. The van der Waals surface area contributed by atoms with E-state index in [1.807, 2.05) is 56.4 Å². The first-order valence-electron chi connectivity index (χ1n) is 12.5. The largest absolute Gasteiger partial charge is 0.497 e. The first kappa shape index (κ1) is 27.3. The van der Waals surface area contributed by atoms with Crippen LogP contribution in [0, 0.1) is 0 Å². The molecule has 9 heteroatoms. The second kappa shape index (κ2) is 12.2. The molecule has 0 fully saturated rings. The van der Waals surface area contributed by atoms with Crippen LogP contribution in [0.15, 0.2) is 79.0 Å². The van der Waals surface area contributed by atoms with Crippen molar-refractivity contribution in [3.63, 3.8) is 0 Å². The lowest BCUT2D eigenvalue weighted by Crippen LogP contribution is -2.42. The van der Waals surface area contributed by atoms with Gasteiger partial charge in [0.1, 0.15) is 12.3 Å². The van der Waals surface area contributed by atoms with Crippen LogP contribution >= 0.6 is 0 Å². The molecule has 1 aromatic heterocycles. The molecule has 3 aromatic carbocycles. The minimum absolute atomic E-state index is 0.137. The van der Waals surface area contributed by atoms with Gasteiger partial charge in [0.15, 0.2) is 11.5 Å². The normalized spacial score (nSPS) is 10.7. The number of hydrogen-bond donors (Lipinski definition) is 1. The Morgan fingerprint density at radius 2 is 1.59 bits per heavy atom. The number of ether oxygens (including phenoxy) is 3. The summed E-state index contributed by atoms with van der Waals surface area (Å²) >= 11 is 0. The van der Waals surface area contributed by atoms with Crippen molar-refractivity contribution in [2.24, 2.45) is 0 Å². The number of amides is 2. The maximum Gasteiger partial charge on any atom is 0.254 e. The van der Waals surface area contributed by atoms with Crippen molar-refractivity contribution in [3.8, 4) is 34.2 Å². The average molecular weight is 529 g/mol. The molecule has 39 heavy (non-hydrogen) atoms. The highest BCUT2D eigenvalue weighted by molar-refractivity contribution is 5.99. The predicted octanol–water partition coefficient (Wildman–Crippen LogP) is 5.05. The monoisotopic (exact) mass is 528 g/mol. The van der Waals surface area contributed by atoms with Crippen LogP contribution < -0.4 is 19.5 Å². The molecule has 0 radical (unpaired) electrons. The van der Waals surface area contributed by atoms with Crippen LogP contribution in [0.4, 0.5) is 5.95 Å². The molecule has 2 amide bonds. The number of imidazole rings is 1. The fourth-order valence-corrected chi connectivity index (χ4v) is 4.10. The molecule has 4 aromatic rings. The summed E-state index contributed by atoms with van der Waals surface area (Å²) in [5.74, 6) is 1.54. The minimum atomic E-state index is -0.374. The van der Waals surface area contributed by atoms with Gasteiger partial charge in [-0.25, -0.2) is 4.98 Å². The number of anilines is 1. The van der Waals surface area contributed by atoms with Crippen LogP contribution in [0.3, 0.4) is 0 Å². The molecular weight excluding hydrogens is 496 g/mol. The van der Waals surface area contributed by atoms with Crippen LogP contribution in [0.2, 0.25) is 0 Å². The molecule has 0 saturated heterocycles. The summed E-state index contributed by atoms with van der Waals surface area (Å²) in [5.41, 5.74) is 2.71. The third-order valence-corrected chi connectivity index (χ3v) is 6.21. The smallest absolute Gasteiger partial charge is 0.254 e. The van der Waals surface area contributed by atoms with E-state index >= 15 is 0 Å². The third kappa shape index (κ3) is 6.20. The van der Waals surface area contributed by atoms with Gasteiger partial charge in [-0.1, -0.05) is 18.2 Å². The maximum atomic E-state index is 13.3. The molecule has 0 saturated carbocycles. The van der Waals surface area contributed by atoms with Crippen LogP contribution in [0.1, 0.15) is 24.2 Å². The summed E-state index contributed by atoms with van der Waals surface area (Å²) in [7, 11) is 4.74. The number of rotatable bonds is 10. The third-order valence-electron chi connectivity index (χ3n) is 6.21. The van der Waals surface area contributed by atoms with Crippen molar-refractivity contribution in [3.05, 3.63) is 84.6 Å². The molecule has 1 N–H and O–H groups in total. The number of methoxy groups -OCH3 is 3. The van der Waals surface area contributed by atoms with Gasteiger partial charge in [0.25, 0.3) is 5.91 Å². The van der Waals surface area contributed by atoms with Crippen molar-refractivity contribution in [1.29, 1.82) is 0 Å². The average Bonchev–Trinajstić information content (AvgIpc) is 3.38. The molecule has 0 unspecified atom stereocenters. The minimum Gasteiger partial charge on any atom is -0.497 e. The van der Waals surface area contributed by atoms with Crippen LogP contribution in [0.25, 0.3) is 16.9 Å². The Bertz CT molecular complexity index is 1430. The quantitative estimate of drug-likeness (QED) is 0.309. The number of aromatic nitrogens is 2.